The smallest absolute Gasteiger partial charge is 0.213 e. The highest BCUT2D eigenvalue weighted by Crippen LogP contribution is 2.12. The van der Waals surface area contributed by atoms with Crippen LogP contribution in [0, 0.1) is 5.92 Å². The largest absolute Gasteiger partial charge is 0.478 e. The van der Waals surface area contributed by atoms with Crippen LogP contribution in [0.2, 0.25) is 0 Å². The quantitative estimate of drug-likeness (QED) is 0.790. The van der Waals surface area contributed by atoms with Gasteiger partial charge in [-0.2, -0.15) is 0 Å². The first-order valence-electron chi connectivity index (χ1n) is 6.41. The van der Waals surface area contributed by atoms with Crippen LogP contribution in [0.4, 0.5) is 0 Å². The van der Waals surface area contributed by atoms with Crippen molar-refractivity contribution in [3.63, 3.8) is 0 Å². The molecule has 0 amide bonds. The van der Waals surface area contributed by atoms with Crippen molar-refractivity contribution in [2.45, 2.75) is 39.7 Å². The van der Waals surface area contributed by atoms with Gasteiger partial charge in [0.1, 0.15) is 0 Å². The second-order valence-corrected chi connectivity index (χ2v) is 4.72. The number of ether oxygens (including phenoxy) is 1. The van der Waals surface area contributed by atoms with Crippen molar-refractivity contribution in [3.8, 4) is 5.88 Å². The average Bonchev–Trinajstić information content (AvgIpc) is 2.28. The number of pyridine rings is 1. The van der Waals surface area contributed by atoms with Crippen LogP contribution in [0.1, 0.15) is 32.9 Å². The van der Waals surface area contributed by atoms with Crippen molar-refractivity contribution in [3.05, 3.63) is 23.9 Å². The fraction of sp³-hybridized carbons (Fsp3) is 0.643. The lowest BCUT2D eigenvalue weighted by Crippen LogP contribution is -2.29. The Kier molecular flexibility index (Phi) is 5.98. The van der Waals surface area contributed by atoms with Gasteiger partial charge < -0.3 is 10.1 Å². The molecular formula is C14H24N2O. The summed E-state index contributed by atoms with van der Waals surface area (Å²) in [5, 5.41) is 3.35. The number of hydrogen-bond acceptors (Lipinski definition) is 3. The molecule has 1 unspecified atom stereocenters. The maximum Gasteiger partial charge on any atom is 0.213 e. The van der Waals surface area contributed by atoms with Gasteiger partial charge in [0.05, 0.1) is 6.61 Å². The van der Waals surface area contributed by atoms with E-state index in [0.29, 0.717) is 18.6 Å². The molecule has 0 aliphatic carbocycles. The summed E-state index contributed by atoms with van der Waals surface area (Å²) in [5.74, 6) is 1.42. The molecule has 1 heterocycles. The van der Waals surface area contributed by atoms with Crippen LogP contribution in [0.15, 0.2) is 18.2 Å². The number of aromatic nitrogens is 1. The summed E-state index contributed by atoms with van der Waals surface area (Å²) < 4.78 is 5.41. The predicted octanol–water partition coefficient (Wildman–Crippen LogP) is 2.66. The lowest BCUT2D eigenvalue weighted by atomic mass is 10.00. The Morgan fingerprint density at radius 2 is 2.12 bits per heavy atom. The van der Waals surface area contributed by atoms with Crippen molar-refractivity contribution in [1.82, 2.24) is 10.3 Å². The number of hydrogen-bond donors (Lipinski definition) is 1. The zero-order valence-corrected chi connectivity index (χ0v) is 11.4. The lowest BCUT2D eigenvalue weighted by Gasteiger charge is -2.18. The fourth-order valence-corrected chi connectivity index (χ4v) is 1.92. The van der Waals surface area contributed by atoms with Crippen LogP contribution in [0.5, 0.6) is 5.88 Å². The molecule has 1 N–H and O–H groups in total. The Morgan fingerprint density at radius 1 is 1.35 bits per heavy atom. The highest BCUT2D eigenvalue weighted by molar-refractivity contribution is 5.16. The first-order valence-corrected chi connectivity index (χ1v) is 6.41. The van der Waals surface area contributed by atoms with Gasteiger partial charge in [-0.15, -0.1) is 0 Å². The van der Waals surface area contributed by atoms with Crippen LogP contribution >= 0.6 is 0 Å². The molecule has 0 saturated heterocycles. The zero-order valence-electron chi connectivity index (χ0n) is 11.4. The highest BCUT2D eigenvalue weighted by atomic mass is 16.5. The minimum absolute atomic E-state index is 0.486. The lowest BCUT2D eigenvalue weighted by molar-refractivity contribution is 0.325. The maximum atomic E-state index is 5.41. The standard InChI is InChI=1S/C14H24N2O/c1-5-17-14-8-6-7-12(16-14)10-13(15-4)9-11(2)3/h6-8,11,13,15H,5,9-10H2,1-4H3. The van der Waals surface area contributed by atoms with Gasteiger partial charge in [-0.1, -0.05) is 19.9 Å². The highest BCUT2D eigenvalue weighted by Gasteiger charge is 2.10. The summed E-state index contributed by atoms with van der Waals surface area (Å²) in [5.41, 5.74) is 1.09. The van der Waals surface area contributed by atoms with E-state index in [1.54, 1.807) is 0 Å². The monoisotopic (exact) mass is 236 g/mol. The van der Waals surface area contributed by atoms with Crippen LogP contribution < -0.4 is 10.1 Å². The molecule has 0 aromatic carbocycles. The van der Waals surface area contributed by atoms with Crippen molar-refractivity contribution in [2.75, 3.05) is 13.7 Å². The normalized spacial score (nSPS) is 12.8. The van der Waals surface area contributed by atoms with Gasteiger partial charge in [-0.05, 0) is 32.4 Å². The van der Waals surface area contributed by atoms with E-state index in [0.717, 1.165) is 24.4 Å². The van der Waals surface area contributed by atoms with E-state index in [1.165, 1.54) is 0 Å². The molecule has 0 fully saturated rings. The first-order chi connectivity index (χ1) is 8.15. The van der Waals surface area contributed by atoms with Crippen molar-refractivity contribution < 1.29 is 4.74 Å². The fourth-order valence-electron chi connectivity index (χ4n) is 1.92. The molecule has 0 saturated carbocycles. The molecule has 96 valence electrons. The molecule has 3 heteroatoms. The van der Waals surface area contributed by atoms with Crippen LogP contribution in [-0.2, 0) is 6.42 Å². The summed E-state index contributed by atoms with van der Waals surface area (Å²) >= 11 is 0. The van der Waals surface area contributed by atoms with E-state index in [1.807, 2.05) is 26.1 Å². The maximum absolute atomic E-state index is 5.41. The van der Waals surface area contributed by atoms with E-state index in [9.17, 15) is 0 Å². The second kappa shape index (κ2) is 7.28. The van der Waals surface area contributed by atoms with Crippen LogP contribution in [0.25, 0.3) is 0 Å². The van der Waals surface area contributed by atoms with Gasteiger partial charge in [-0.3, -0.25) is 0 Å². The Balaban J connectivity index is 2.62. The Morgan fingerprint density at radius 3 is 2.71 bits per heavy atom. The predicted molar refractivity (Wildman–Crippen MR) is 71.4 cm³/mol. The summed E-state index contributed by atoms with van der Waals surface area (Å²) in [4.78, 5) is 4.50. The molecule has 0 bridgehead atoms. The molecule has 0 spiro atoms. The number of nitrogens with zero attached hydrogens (tertiary/aromatic N) is 1. The molecule has 0 radical (unpaired) electrons. The Labute approximate surface area is 105 Å². The van der Waals surface area contributed by atoms with E-state index in [4.69, 9.17) is 4.74 Å². The average molecular weight is 236 g/mol. The van der Waals surface area contributed by atoms with Gasteiger partial charge in [-0.25, -0.2) is 4.98 Å². The van der Waals surface area contributed by atoms with Crippen LogP contribution in [-0.4, -0.2) is 24.7 Å². The van der Waals surface area contributed by atoms with Gasteiger partial charge in [0, 0.05) is 24.2 Å². The van der Waals surface area contributed by atoms with E-state index in [2.05, 4.69) is 30.2 Å². The molecule has 1 rings (SSSR count). The summed E-state index contributed by atoms with van der Waals surface area (Å²) in [6.45, 7) is 7.13. The molecule has 0 aliphatic rings. The third kappa shape index (κ3) is 5.18. The minimum Gasteiger partial charge on any atom is -0.478 e. The summed E-state index contributed by atoms with van der Waals surface area (Å²) in [6.07, 6.45) is 2.12. The first kappa shape index (κ1) is 14.0. The third-order valence-corrected chi connectivity index (χ3v) is 2.69. The molecule has 0 aliphatic heterocycles. The Bertz CT molecular complexity index is 326. The van der Waals surface area contributed by atoms with Gasteiger partial charge >= 0.3 is 0 Å². The van der Waals surface area contributed by atoms with Crippen molar-refractivity contribution >= 4 is 0 Å². The summed E-state index contributed by atoms with van der Waals surface area (Å²) in [6, 6.07) is 6.46. The van der Waals surface area contributed by atoms with E-state index >= 15 is 0 Å². The molecule has 17 heavy (non-hydrogen) atoms. The van der Waals surface area contributed by atoms with E-state index in [-0.39, 0.29) is 0 Å². The minimum atomic E-state index is 0.486. The number of rotatable bonds is 7. The third-order valence-electron chi connectivity index (χ3n) is 2.69. The molecule has 1 atom stereocenters. The number of likely N-dealkylation sites (N-methyl/N-ethyl adjacent to an activating group) is 1. The zero-order chi connectivity index (χ0) is 12.7. The SMILES string of the molecule is CCOc1cccc(CC(CC(C)C)NC)n1. The van der Waals surface area contributed by atoms with Crippen molar-refractivity contribution in [1.29, 1.82) is 0 Å². The second-order valence-electron chi connectivity index (χ2n) is 4.72. The molecule has 1 aromatic rings. The van der Waals surface area contributed by atoms with Crippen molar-refractivity contribution in [2.24, 2.45) is 5.92 Å². The van der Waals surface area contributed by atoms with E-state index < -0.39 is 0 Å². The van der Waals surface area contributed by atoms with Crippen LogP contribution in [0.3, 0.4) is 0 Å². The summed E-state index contributed by atoms with van der Waals surface area (Å²) in [7, 11) is 2.01. The molecule has 3 nitrogen and oxygen atoms in total. The van der Waals surface area contributed by atoms with Gasteiger partial charge in [0.15, 0.2) is 0 Å². The van der Waals surface area contributed by atoms with Gasteiger partial charge in [0.25, 0.3) is 0 Å². The number of nitrogens with one attached hydrogen (secondary N) is 1. The molecule has 1 aromatic heterocycles. The Hall–Kier alpha value is -1.09. The van der Waals surface area contributed by atoms with Gasteiger partial charge in [0.2, 0.25) is 5.88 Å². The molecular weight excluding hydrogens is 212 g/mol. The topological polar surface area (TPSA) is 34.1 Å².